The zero-order valence-corrected chi connectivity index (χ0v) is 18.4. The lowest BCUT2D eigenvalue weighted by molar-refractivity contribution is 0.172. The number of aliphatic imine (C=N–C) groups is 1. The molecule has 1 aromatic carbocycles. The molecule has 1 N–H and O–H groups in total. The topological polar surface area (TPSA) is 69.8 Å². The van der Waals surface area contributed by atoms with E-state index < -0.39 is 0 Å². The second-order valence-corrected chi connectivity index (χ2v) is 6.56. The highest BCUT2D eigenvalue weighted by Crippen LogP contribution is 2.08. The Bertz CT molecular complexity index is 697. The average molecular weight is 484 g/mol. The Morgan fingerprint density at radius 1 is 1.19 bits per heavy atom. The van der Waals surface area contributed by atoms with Crippen molar-refractivity contribution in [2.45, 2.75) is 26.3 Å². The van der Waals surface area contributed by atoms with Gasteiger partial charge in [0, 0.05) is 52.7 Å². The fourth-order valence-electron chi connectivity index (χ4n) is 3.17. The Morgan fingerprint density at radius 2 is 1.93 bits per heavy atom. The molecule has 0 amide bonds. The fourth-order valence-corrected chi connectivity index (χ4v) is 3.17. The molecule has 2 heterocycles. The second-order valence-electron chi connectivity index (χ2n) is 6.56. The van der Waals surface area contributed by atoms with Gasteiger partial charge in [0.05, 0.1) is 0 Å². The van der Waals surface area contributed by atoms with E-state index in [0.717, 1.165) is 58.1 Å². The van der Waals surface area contributed by atoms with Gasteiger partial charge >= 0.3 is 0 Å². The van der Waals surface area contributed by atoms with Gasteiger partial charge in [0.15, 0.2) is 11.8 Å². The molecule has 1 fully saturated rings. The summed E-state index contributed by atoms with van der Waals surface area (Å²) in [5.74, 6) is 2.37. The van der Waals surface area contributed by atoms with E-state index in [4.69, 9.17) is 4.52 Å². The number of hydrogen-bond donors (Lipinski definition) is 1. The predicted molar refractivity (Wildman–Crippen MR) is 117 cm³/mol. The highest BCUT2D eigenvalue weighted by molar-refractivity contribution is 14.0. The molecule has 1 saturated heterocycles. The van der Waals surface area contributed by atoms with E-state index in [0.29, 0.717) is 11.7 Å². The summed E-state index contributed by atoms with van der Waals surface area (Å²) < 4.78 is 5.14. The van der Waals surface area contributed by atoms with Crippen LogP contribution in [0.25, 0.3) is 0 Å². The minimum atomic E-state index is 0. The third kappa shape index (κ3) is 6.76. The quantitative estimate of drug-likeness (QED) is 0.294. The first-order valence-corrected chi connectivity index (χ1v) is 9.25. The number of aromatic nitrogens is 2. The Morgan fingerprint density at radius 3 is 2.56 bits per heavy atom. The summed E-state index contributed by atoms with van der Waals surface area (Å²) in [7, 11) is 1.85. The molecule has 2 aromatic rings. The molecule has 0 bridgehead atoms. The van der Waals surface area contributed by atoms with Gasteiger partial charge in [-0.25, -0.2) is 0 Å². The minimum absolute atomic E-state index is 0. The molecule has 8 heteroatoms. The number of guanidine groups is 1. The highest BCUT2D eigenvalue weighted by atomic mass is 127. The van der Waals surface area contributed by atoms with Crippen molar-refractivity contribution in [1.29, 1.82) is 0 Å². The molecule has 3 rings (SSSR count). The van der Waals surface area contributed by atoms with E-state index in [1.807, 2.05) is 14.0 Å². The first kappa shape index (κ1) is 21.6. The summed E-state index contributed by atoms with van der Waals surface area (Å²) in [6.07, 6.45) is 1.73. The molecule has 148 valence electrons. The Kier molecular flexibility index (Phi) is 8.99. The normalized spacial score (nSPS) is 15.5. The smallest absolute Gasteiger partial charge is 0.226 e. The van der Waals surface area contributed by atoms with E-state index >= 15 is 0 Å². The zero-order chi connectivity index (χ0) is 18.2. The fraction of sp³-hybridized carbons (Fsp3) is 0.526. The molecular formula is C19H29IN6O. The third-order valence-corrected chi connectivity index (χ3v) is 4.55. The van der Waals surface area contributed by atoms with Crippen LogP contribution in [-0.2, 0) is 13.0 Å². The van der Waals surface area contributed by atoms with Crippen LogP contribution in [0.2, 0.25) is 0 Å². The second kappa shape index (κ2) is 11.2. The predicted octanol–water partition coefficient (Wildman–Crippen LogP) is 2.32. The van der Waals surface area contributed by atoms with Crippen LogP contribution < -0.4 is 5.32 Å². The van der Waals surface area contributed by atoms with Gasteiger partial charge < -0.3 is 14.7 Å². The van der Waals surface area contributed by atoms with Crippen molar-refractivity contribution >= 4 is 29.9 Å². The standard InChI is InChI=1S/C19H28N6O.HI/c1-16-22-18(26-23-16)9-6-10-21-19(20-2)25-13-11-24(12-14-25)15-17-7-4-3-5-8-17;/h3-5,7-8H,6,9-15H2,1-2H3,(H,20,21);1H. The number of hydrogen-bond acceptors (Lipinski definition) is 5. The van der Waals surface area contributed by atoms with Crippen LogP contribution in [0.3, 0.4) is 0 Å². The van der Waals surface area contributed by atoms with Crippen molar-refractivity contribution in [1.82, 2.24) is 25.3 Å². The van der Waals surface area contributed by atoms with Crippen LogP contribution in [0, 0.1) is 6.92 Å². The molecule has 0 aliphatic carbocycles. The van der Waals surface area contributed by atoms with Gasteiger partial charge in [-0.2, -0.15) is 4.98 Å². The zero-order valence-electron chi connectivity index (χ0n) is 16.1. The highest BCUT2D eigenvalue weighted by Gasteiger charge is 2.19. The van der Waals surface area contributed by atoms with E-state index in [1.54, 1.807) is 0 Å². The van der Waals surface area contributed by atoms with Crippen LogP contribution in [0.5, 0.6) is 0 Å². The number of nitrogens with one attached hydrogen (secondary N) is 1. The Hall–Kier alpha value is -1.68. The van der Waals surface area contributed by atoms with Gasteiger partial charge in [-0.3, -0.25) is 9.89 Å². The molecule has 7 nitrogen and oxygen atoms in total. The number of halogens is 1. The van der Waals surface area contributed by atoms with Crippen LogP contribution in [0.1, 0.15) is 23.7 Å². The Labute approximate surface area is 178 Å². The summed E-state index contributed by atoms with van der Waals surface area (Å²) in [5, 5.41) is 7.26. The molecular weight excluding hydrogens is 455 g/mol. The molecule has 0 radical (unpaired) electrons. The third-order valence-electron chi connectivity index (χ3n) is 4.55. The minimum Gasteiger partial charge on any atom is -0.356 e. The maximum absolute atomic E-state index is 5.14. The first-order valence-electron chi connectivity index (χ1n) is 9.25. The van der Waals surface area contributed by atoms with Crippen LogP contribution >= 0.6 is 24.0 Å². The Balaban J connectivity index is 0.00000261. The number of rotatable bonds is 6. The molecule has 0 saturated carbocycles. The van der Waals surface area contributed by atoms with Crippen LogP contribution in [0.15, 0.2) is 39.8 Å². The average Bonchev–Trinajstić information content (AvgIpc) is 3.09. The lowest BCUT2D eigenvalue weighted by Crippen LogP contribution is -2.52. The number of piperazine rings is 1. The lowest BCUT2D eigenvalue weighted by Gasteiger charge is -2.36. The first-order chi connectivity index (χ1) is 12.7. The van der Waals surface area contributed by atoms with E-state index in [1.165, 1.54) is 5.56 Å². The van der Waals surface area contributed by atoms with Gasteiger partial charge in [-0.05, 0) is 18.9 Å². The van der Waals surface area contributed by atoms with Crippen molar-refractivity contribution in [3.05, 3.63) is 47.6 Å². The summed E-state index contributed by atoms with van der Waals surface area (Å²) in [6.45, 7) is 7.80. The summed E-state index contributed by atoms with van der Waals surface area (Å²) >= 11 is 0. The molecule has 1 aliphatic rings. The van der Waals surface area contributed by atoms with Crippen molar-refractivity contribution in [3.8, 4) is 0 Å². The summed E-state index contributed by atoms with van der Waals surface area (Å²) in [5.41, 5.74) is 1.37. The van der Waals surface area contributed by atoms with E-state index in [9.17, 15) is 0 Å². The monoisotopic (exact) mass is 484 g/mol. The number of nitrogens with zero attached hydrogens (tertiary/aromatic N) is 5. The van der Waals surface area contributed by atoms with Crippen LogP contribution in [-0.4, -0.2) is 65.7 Å². The maximum Gasteiger partial charge on any atom is 0.226 e. The van der Waals surface area contributed by atoms with E-state index in [-0.39, 0.29) is 24.0 Å². The number of benzene rings is 1. The molecule has 0 spiro atoms. The van der Waals surface area contributed by atoms with Crippen molar-refractivity contribution in [2.24, 2.45) is 4.99 Å². The van der Waals surface area contributed by atoms with Crippen molar-refractivity contribution in [2.75, 3.05) is 39.8 Å². The molecule has 1 aliphatic heterocycles. The molecule has 0 unspecified atom stereocenters. The van der Waals surface area contributed by atoms with Gasteiger partial charge in [0.2, 0.25) is 5.89 Å². The maximum atomic E-state index is 5.14. The molecule has 1 aromatic heterocycles. The van der Waals surface area contributed by atoms with Crippen LogP contribution in [0.4, 0.5) is 0 Å². The molecule has 0 atom stereocenters. The molecule has 27 heavy (non-hydrogen) atoms. The van der Waals surface area contributed by atoms with Crippen molar-refractivity contribution < 1.29 is 4.52 Å². The number of aryl methyl sites for hydroxylation is 2. The van der Waals surface area contributed by atoms with E-state index in [2.05, 4.69) is 60.6 Å². The van der Waals surface area contributed by atoms with Gasteiger partial charge in [-0.1, -0.05) is 35.5 Å². The van der Waals surface area contributed by atoms with Gasteiger partial charge in [-0.15, -0.1) is 24.0 Å². The lowest BCUT2D eigenvalue weighted by atomic mass is 10.2. The SMILES string of the molecule is CN=C(NCCCc1nc(C)no1)N1CCN(Cc2ccccc2)CC1.I. The summed E-state index contributed by atoms with van der Waals surface area (Å²) in [6, 6.07) is 10.7. The van der Waals surface area contributed by atoms with Crippen molar-refractivity contribution in [3.63, 3.8) is 0 Å². The summed E-state index contributed by atoms with van der Waals surface area (Å²) in [4.78, 5) is 13.5. The largest absolute Gasteiger partial charge is 0.356 e. The van der Waals surface area contributed by atoms with Gasteiger partial charge in [0.1, 0.15) is 0 Å². The van der Waals surface area contributed by atoms with Gasteiger partial charge in [0.25, 0.3) is 0 Å².